The standard InChI is InChI=1S/C29H29N5O2S/c1-19-8-6-11-23(16-19)28(36)30-17-26-31-32-29(34(26)24-13-7-9-20(2)21(24)3)37-18-27(35)33-15-14-22-10-4-5-12-25(22)33/h4-13,16H,14-15,17-18H2,1-3H3,(H,30,36). The van der Waals surface area contributed by atoms with Crippen LogP contribution in [-0.2, 0) is 17.8 Å². The van der Waals surface area contributed by atoms with Crippen molar-refractivity contribution < 1.29 is 9.59 Å². The minimum Gasteiger partial charge on any atom is -0.345 e. The van der Waals surface area contributed by atoms with Gasteiger partial charge in [-0.1, -0.05) is 59.8 Å². The zero-order valence-electron chi connectivity index (χ0n) is 21.2. The van der Waals surface area contributed by atoms with Gasteiger partial charge in [0.1, 0.15) is 0 Å². The summed E-state index contributed by atoms with van der Waals surface area (Å²) in [5.41, 5.74) is 6.98. The molecule has 5 rings (SSSR count). The average Bonchev–Trinajstić information content (AvgIpc) is 3.52. The van der Waals surface area contributed by atoms with Crippen LogP contribution in [-0.4, -0.2) is 38.9 Å². The van der Waals surface area contributed by atoms with Crippen molar-refractivity contribution in [3.05, 3.63) is 100 Å². The van der Waals surface area contributed by atoms with Crippen LogP contribution in [0.1, 0.15) is 38.4 Å². The number of hydrogen-bond donors (Lipinski definition) is 1. The molecule has 8 heteroatoms. The van der Waals surface area contributed by atoms with E-state index in [2.05, 4.69) is 41.5 Å². The molecular weight excluding hydrogens is 482 g/mol. The van der Waals surface area contributed by atoms with Crippen molar-refractivity contribution in [2.45, 2.75) is 38.9 Å². The van der Waals surface area contributed by atoms with Crippen LogP contribution in [0.15, 0.2) is 71.9 Å². The molecule has 2 amide bonds. The molecule has 0 aliphatic carbocycles. The fraction of sp³-hybridized carbons (Fsp3) is 0.241. The Kier molecular flexibility index (Phi) is 7.10. The van der Waals surface area contributed by atoms with Gasteiger partial charge in [-0.2, -0.15) is 0 Å². The molecule has 0 radical (unpaired) electrons. The fourth-order valence-electron chi connectivity index (χ4n) is 4.58. The van der Waals surface area contributed by atoms with Crippen molar-refractivity contribution in [1.82, 2.24) is 20.1 Å². The van der Waals surface area contributed by atoms with Gasteiger partial charge in [0.25, 0.3) is 5.91 Å². The lowest BCUT2D eigenvalue weighted by Gasteiger charge is -2.18. The Balaban J connectivity index is 1.38. The van der Waals surface area contributed by atoms with Gasteiger partial charge in [0.15, 0.2) is 11.0 Å². The Morgan fingerprint density at radius 1 is 0.946 bits per heavy atom. The van der Waals surface area contributed by atoms with E-state index in [4.69, 9.17) is 0 Å². The minimum atomic E-state index is -0.170. The van der Waals surface area contributed by atoms with Gasteiger partial charge in [0.05, 0.1) is 18.0 Å². The first-order valence-corrected chi connectivity index (χ1v) is 13.3. The lowest BCUT2D eigenvalue weighted by molar-refractivity contribution is -0.116. The number of hydrogen-bond acceptors (Lipinski definition) is 5. The molecule has 1 aliphatic heterocycles. The van der Waals surface area contributed by atoms with Crippen LogP contribution in [0.25, 0.3) is 5.69 Å². The van der Waals surface area contributed by atoms with Crippen LogP contribution < -0.4 is 10.2 Å². The van der Waals surface area contributed by atoms with Crippen LogP contribution in [0.3, 0.4) is 0 Å². The van der Waals surface area contributed by atoms with E-state index in [1.54, 1.807) is 6.07 Å². The van der Waals surface area contributed by atoms with E-state index in [-0.39, 0.29) is 24.1 Å². The van der Waals surface area contributed by atoms with Crippen molar-refractivity contribution >= 4 is 29.3 Å². The summed E-state index contributed by atoms with van der Waals surface area (Å²) in [5.74, 6) is 0.722. The zero-order chi connectivity index (χ0) is 25.9. The summed E-state index contributed by atoms with van der Waals surface area (Å²) >= 11 is 1.36. The summed E-state index contributed by atoms with van der Waals surface area (Å²) in [4.78, 5) is 27.8. The third-order valence-electron chi connectivity index (χ3n) is 6.72. The highest BCUT2D eigenvalue weighted by Crippen LogP contribution is 2.30. The SMILES string of the molecule is Cc1cccc(C(=O)NCc2nnc(SCC(=O)N3CCc4ccccc43)n2-c2cccc(C)c2C)c1. The molecule has 0 unspecified atom stereocenters. The Hall–Kier alpha value is -3.91. The molecule has 1 N–H and O–H groups in total. The van der Waals surface area contributed by atoms with Gasteiger partial charge >= 0.3 is 0 Å². The first-order chi connectivity index (χ1) is 17.9. The lowest BCUT2D eigenvalue weighted by Crippen LogP contribution is -2.30. The number of carbonyl (C=O) groups is 2. The number of rotatable bonds is 7. The highest BCUT2D eigenvalue weighted by Gasteiger charge is 2.25. The smallest absolute Gasteiger partial charge is 0.251 e. The van der Waals surface area contributed by atoms with E-state index in [0.29, 0.717) is 23.1 Å². The topological polar surface area (TPSA) is 80.1 Å². The van der Waals surface area contributed by atoms with E-state index in [9.17, 15) is 9.59 Å². The van der Waals surface area contributed by atoms with Gasteiger partial charge in [0, 0.05) is 17.8 Å². The molecule has 0 fully saturated rings. The van der Waals surface area contributed by atoms with Crippen LogP contribution in [0.4, 0.5) is 5.69 Å². The summed E-state index contributed by atoms with van der Waals surface area (Å²) in [6.45, 7) is 6.98. The van der Waals surface area contributed by atoms with Gasteiger partial charge in [-0.25, -0.2) is 0 Å². The molecule has 0 saturated carbocycles. The van der Waals surface area contributed by atoms with Crippen molar-refractivity contribution in [3.8, 4) is 5.69 Å². The zero-order valence-corrected chi connectivity index (χ0v) is 22.0. The third-order valence-corrected chi connectivity index (χ3v) is 7.63. The van der Waals surface area contributed by atoms with Gasteiger partial charge in [-0.15, -0.1) is 10.2 Å². The molecule has 7 nitrogen and oxygen atoms in total. The maximum atomic E-state index is 13.1. The fourth-order valence-corrected chi connectivity index (χ4v) is 5.42. The first kappa shape index (κ1) is 24.8. The molecule has 0 spiro atoms. The number of thioether (sulfide) groups is 1. The summed E-state index contributed by atoms with van der Waals surface area (Å²) in [6, 6.07) is 21.6. The van der Waals surface area contributed by atoms with Gasteiger partial charge in [-0.3, -0.25) is 14.2 Å². The molecule has 3 aromatic carbocycles. The van der Waals surface area contributed by atoms with E-state index < -0.39 is 0 Å². The summed E-state index contributed by atoms with van der Waals surface area (Å²) in [5, 5.41) is 12.4. The van der Waals surface area contributed by atoms with E-state index in [0.717, 1.165) is 34.5 Å². The first-order valence-electron chi connectivity index (χ1n) is 12.3. The van der Waals surface area contributed by atoms with Crippen molar-refractivity contribution in [3.63, 3.8) is 0 Å². The number of amides is 2. The maximum Gasteiger partial charge on any atom is 0.251 e. The highest BCUT2D eigenvalue weighted by atomic mass is 32.2. The van der Waals surface area contributed by atoms with Crippen LogP contribution in [0, 0.1) is 20.8 Å². The molecule has 1 aromatic heterocycles. The Labute approximate surface area is 220 Å². The molecule has 0 atom stereocenters. The van der Waals surface area contributed by atoms with Gasteiger partial charge < -0.3 is 10.2 Å². The summed E-state index contributed by atoms with van der Waals surface area (Å²) in [6.07, 6.45) is 0.871. The van der Waals surface area contributed by atoms with Crippen molar-refractivity contribution in [2.75, 3.05) is 17.2 Å². The maximum absolute atomic E-state index is 13.1. The molecular formula is C29H29N5O2S. The normalized spacial score (nSPS) is 12.5. The second-order valence-corrected chi connectivity index (χ2v) is 10.2. The van der Waals surface area contributed by atoms with Gasteiger partial charge in [0.2, 0.25) is 5.91 Å². The molecule has 2 heterocycles. The average molecular weight is 512 g/mol. The molecule has 37 heavy (non-hydrogen) atoms. The molecule has 4 aromatic rings. The quantitative estimate of drug-likeness (QED) is 0.361. The summed E-state index contributed by atoms with van der Waals surface area (Å²) in [7, 11) is 0. The van der Waals surface area contributed by atoms with Crippen molar-refractivity contribution in [2.24, 2.45) is 0 Å². The van der Waals surface area contributed by atoms with E-state index in [1.165, 1.54) is 17.3 Å². The molecule has 0 saturated heterocycles. The predicted octanol–water partition coefficient (Wildman–Crippen LogP) is 4.80. The van der Waals surface area contributed by atoms with E-state index >= 15 is 0 Å². The lowest BCUT2D eigenvalue weighted by atomic mass is 10.1. The monoisotopic (exact) mass is 511 g/mol. The van der Waals surface area contributed by atoms with Gasteiger partial charge in [-0.05, 0) is 68.1 Å². The Morgan fingerprint density at radius 2 is 1.73 bits per heavy atom. The van der Waals surface area contributed by atoms with Crippen LogP contribution in [0.5, 0.6) is 0 Å². The number of carbonyl (C=O) groups excluding carboxylic acids is 2. The van der Waals surface area contributed by atoms with Crippen LogP contribution >= 0.6 is 11.8 Å². The number of anilines is 1. The Morgan fingerprint density at radius 3 is 2.57 bits per heavy atom. The number of aryl methyl sites for hydroxylation is 2. The number of nitrogens with one attached hydrogen (secondary N) is 1. The van der Waals surface area contributed by atoms with Crippen LogP contribution in [0.2, 0.25) is 0 Å². The summed E-state index contributed by atoms with van der Waals surface area (Å²) < 4.78 is 1.95. The minimum absolute atomic E-state index is 0.0414. The Bertz CT molecular complexity index is 1480. The van der Waals surface area contributed by atoms with Crippen molar-refractivity contribution in [1.29, 1.82) is 0 Å². The third kappa shape index (κ3) is 5.15. The highest BCUT2D eigenvalue weighted by molar-refractivity contribution is 7.99. The molecule has 188 valence electrons. The number of aromatic nitrogens is 3. The second-order valence-electron chi connectivity index (χ2n) is 9.22. The predicted molar refractivity (Wildman–Crippen MR) is 146 cm³/mol. The second kappa shape index (κ2) is 10.6. The number of nitrogens with zero attached hydrogens (tertiary/aromatic N) is 4. The molecule has 1 aliphatic rings. The number of benzene rings is 3. The molecule has 0 bridgehead atoms. The van der Waals surface area contributed by atoms with E-state index in [1.807, 2.05) is 64.9 Å². The largest absolute Gasteiger partial charge is 0.345 e. The number of fused-ring (bicyclic) bond motifs is 1. The number of para-hydroxylation sites is 1.